The van der Waals surface area contributed by atoms with E-state index in [9.17, 15) is 62.3 Å². The van der Waals surface area contributed by atoms with Gasteiger partial charge in [0, 0.05) is 95.0 Å². The van der Waals surface area contributed by atoms with Crippen LogP contribution in [0.3, 0.4) is 0 Å². The summed E-state index contributed by atoms with van der Waals surface area (Å²) in [5, 5.41) is 16.3. The Kier molecular flexibility index (Phi) is 29.2. The van der Waals surface area contributed by atoms with Gasteiger partial charge in [-0.15, -0.1) is 0 Å². The summed E-state index contributed by atoms with van der Waals surface area (Å²) >= 11 is 0. The van der Waals surface area contributed by atoms with Crippen LogP contribution in [0.15, 0.2) is 36.5 Å². The first-order valence-electron chi connectivity index (χ1n) is 24.7. The van der Waals surface area contributed by atoms with Crippen molar-refractivity contribution in [2.45, 2.75) is 163 Å². The lowest BCUT2D eigenvalue weighted by Gasteiger charge is -2.26. The second-order valence-electron chi connectivity index (χ2n) is 21.3. The number of hydrogen-bond acceptors (Lipinski definition) is 19. The van der Waals surface area contributed by atoms with Crippen LogP contribution < -0.4 is 27.4 Å². The number of esters is 3. The molecule has 0 aromatic rings. The van der Waals surface area contributed by atoms with Gasteiger partial charge >= 0.3 is 30.0 Å². The molecule has 0 radical (unpaired) electrons. The normalized spacial score (nSPS) is 15.2. The highest BCUT2D eigenvalue weighted by Gasteiger charge is 2.30. The average Bonchev–Trinajstić information content (AvgIpc) is 3.90. The molecule has 26 nitrogen and oxygen atoms in total. The summed E-state index contributed by atoms with van der Waals surface area (Å²) < 4.78 is 20.6. The highest BCUT2D eigenvalue weighted by molar-refractivity contribution is 6.14. The molecule has 3 rings (SSSR count). The first kappa shape index (κ1) is 69.7. The minimum atomic E-state index is -1.06. The largest absolute Gasteiger partial charge is 0.481 e. The third kappa shape index (κ3) is 32.0. The summed E-state index contributed by atoms with van der Waals surface area (Å²) in [6, 6.07) is -1.93. The molecule has 0 unspecified atom stereocenters. The fourth-order valence-electron chi connectivity index (χ4n) is 5.86. The summed E-state index contributed by atoms with van der Waals surface area (Å²) in [5.74, 6) is -5.60. The van der Waals surface area contributed by atoms with Crippen molar-refractivity contribution in [3.05, 3.63) is 36.5 Å². The van der Waals surface area contributed by atoms with E-state index in [2.05, 4.69) is 16.0 Å². The fourth-order valence-corrected chi connectivity index (χ4v) is 5.86. The Morgan fingerprint density at radius 3 is 1.19 bits per heavy atom. The molecule has 77 heavy (non-hydrogen) atoms. The second-order valence-corrected chi connectivity index (χ2v) is 21.3. The number of imide groups is 3. The van der Waals surface area contributed by atoms with Crippen molar-refractivity contribution < 1.29 is 86.4 Å². The zero-order valence-corrected chi connectivity index (χ0v) is 46.6. The van der Waals surface area contributed by atoms with E-state index in [1.165, 1.54) is 36.5 Å². The standard InChI is InChI=1S/C16H24N2O5.C15H23N3O5.C14H25NO6.C6H8N2O2/c1-11(15(22)23-16(2,3)4)5-6-12(19)17-9-10-18-13(20)7-8-14(18)21;1-15(2,3)23-14(22)10(16)4-5-11(19)17-8-9-18-12(20)6-7-13(18)21;1-13(2,3)20-11(18)9(7-8-10(16)17)15-12(19)21-14(4,5)6;7-3-4-8-5(9)1-2-6(8)10/h7-8,11H,5-6,9-10H2,1-4H3,(H,17,19);6-7,10H,4-5,8-9,16H2,1-3H3,(H,17,19);9H,7-8H2,1-6H3,(H,15,19)(H,16,17);1-2H,3-4,7H2/t11-;10-;9-;/m111./s1. The van der Waals surface area contributed by atoms with Gasteiger partial charge in [0.05, 0.1) is 5.92 Å². The maximum absolute atomic E-state index is 12.0. The van der Waals surface area contributed by atoms with Crippen LogP contribution in [-0.2, 0) is 76.5 Å². The molecule has 432 valence electrons. The molecule has 0 aromatic carbocycles. The Morgan fingerprint density at radius 1 is 0.506 bits per heavy atom. The number of carbonyl (C=O) groups excluding carboxylic acids is 12. The molecule has 8 N–H and O–H groups in total. The van der Waals surface area contributed by atoms with Gasteiger partial charge in [-0.25, -0.2) is 9.59 Å². The number of rotatable bonds is 21. The summed E-state index contributed by atoms with van der Waals surface area (Å²) in [4.78, 5) is 151. The molecule has 0 aromatic heterocycles. The van der Waals surface area contributed by atoms with Crippen LogP contribution in [0.25, 0.3) is 0 Å². The number of carboxylic acids is 1. The molecule has 0 fully saturated rings. The van der Waals surface area contributed by atoms with Crippen LogP contribution in [0, 0.1) is 5.92 Å². The van der Waals surface area contributed by atoms with E-state index in [0.29, 0.717) is 19.5 Å². The van der Waals surface area contributed by atoms with Crippen LogP contribution in [-0.4, -0.2) is 171 Å². The van der Waals surface area contributed by atoms with E-state index in [-0.39, 0.29) is 106 Å². The quantitative estimate of drug-likeness (QED) is 0.0534. The van der Waals surface area contributed by atoms with Gasteiger partial charge in [-0.1, -0.05) is 6.92 Å². The summed E-state index contributed by atoms with van der Waals surface area (Å²) in [5.41, 5.74) is 8.22. The number of amides is 9. The number of hydrogen-bond donors (Lipinski definition) is 6. The summed E-state index contributed by atoms with van der Waals surface area (Å²) in [6.45, 7) is 23.6. The Balaban J connectivity index is 0.00000103. The Labute approximate surface area is 449 Å². The van der Waals surface area contributed by atoms with E-state index in [1.54, 1.807) is 90.0 Å². The molecule has 9 amide bonds. The number of carbonyl (C=O) groups is 13. The van der Waals surface area contributed by atoms with Crippen molar-refractivity contribution in [3.63, 3.8) is 0 Å². The molecule has 3 aliphatic rings. The summed E-state index contributed by atoms with van der Waals surface area (Å²) in [6.07, 6.45) is 6.92. The van der Waals surface area contributed by atoms with Crippen molar-refractivity contribution in [1.82, 2.24) is 30.7 Å². The predicted molar refractivity (Wildman–Crippen MR) is 276 cm³/mol. The van der Waals surface area contributed by atoms with Crippen LogP contribution >= 0.6 is 0 Å². The van der Waals surface area contributed by atoms with Gasteiger partial charge in [-0.3, -0.25) is 67.4 Å². The Morgan fingerprint density at radius 2 is 0.844 bits per heavy atom. The van der Waals surface area contributed by atoms with Gasteiger partial charge in [0.1, 0.15) is 34.5 Å². The maximum Gasteiger partial charge on any atom is 0.408 e. The molecule has 0 spiro atoms. The van der Waals surface area contributed by atoms with Crippen molar-refractivity contribution in [2.75, 3.05) is 39.3 Å². The molecule has 26 heteroatoms. The average molecular weight is 1090 g/mol. The first-order chi connectivity index (χ1) is 35.2. The van der Waals surface area contributed by atoms with Crippen molar-refractivity contribution in [1.29, 1.82) is 0 Å². The van der Waals surface area contributed by atoms with Crippen LogP contribution in [0.1, 0.15) is 129 Å². The van der Waals surface area contributed by atoms with Gasteiger partial charge in [-0.05, 0) is 102 Å². The Hall–Kier alpha value is -7.35. The van der Waals surface area contributed by atoms with Crippen molar-refractivity contribution >= 4 is 77.2 Å². The molecule has 3 atom stereocenters. The van der Waals surface area contributed by atoms with E-state index < -0.39 is 70.3 Å². The fraction of sp³-hybridized carbons (Fsp3) is 0.627. The number of nitrogens with one attached hydrogen (secondary N) is 3. The second kappa shape index (κ2) is 32.3. The molecule has 0 saturated heterocycles. The van der Waals surface area contributed by atoms with Crippen LogP contribution in [0.2, 0.25) is 0 Å². The molecule has 0 saturated carbocycles. The Bertz CT molecular complexity index is 2080. The van der Waals surface area contributed by atoms with Gasteiger partial charge < -0.3 is 51.5 Å². The molecular weight excluding hydrogens is 1010 g/mol. The van der Waals surface area contributed by atoms with Crippen molar-refractivity contribution in [3.8, 4) is 0 Å². The van der Waals surface area contributed by atoms with Gasteiger partial charge in [-0.2, -0.15) is 0 Å². The number of alkyl carbamates (subject to hydrolysis) is 1. The van der Waals surface area contributed by atoms with Crippen molar-refractivity contribution in [2.24, 2.45) is 17.4 Å². The lowest BCUT2D eigenvalue weighted by atomic mass is 10.0. The number of aliphatic carboxylic acids is 1. The smallest absolute Gasteiger partial charge is 0.408 e. The van der Waals surface area contributed by atoms with Gasteiger partial charge in [0.25, 0.3) is 35.4 Å². The first-order valence-corrected chi connectivity index (χ1v) is 24.7. The minimum Gasteiger partial charge on any atom is -0.481 e. The zero-order valence-electron chi connectivity index (χ0n) is 46.6. The topological polar surface area (TPSA) is 377 Å². The number of nitrogens with two attached hydrogens (primary N) is 2. The minimum absolute atomic E-state index is 0.0561. The van der Waals surface area contributed by atoms with E-state index in [4.69, 9.17) is 35.5 Å². The van der Waals surface area contributed by atoms with E-state index in [1.807, 2.05) is 0 Å². The van der Waals surface area contributed by atoms with Gasteiger partial charge in [0.2, 0.25) is 11.8 Å². The van der Waals surface area contributed by atoms with E-state index in [0.717, 1.165) is 14.7 Å². The van der Waals surface area contributed by atoms with Crippen LogP contribution in [0.5, 0.6) is 0 Å². The molecule has 3 aliphatic heterocycles. The third-order valence-corrected chi connectivity index (χ3v) is 9.40. The lowest BCUT2D eigenvalue weighted by Crippen LogP contribution is -2.46. The number of ether oxygens (including phenoxy) is 4. The zero-order chi connectivity index (χ0) is 59.6. The highest BCUT2D eigenvalue weighted by Crippen LogP contribution is 2.16. The van der Waals surface area contributed by atoms with Crippen LogP contribution in [0.4, 0.5) is 4.79 Å². The van der Waals surface area contributed by atoms with Gasteiger partial charge in [0.15, 0.2) is 0 Å². The number of carboxylic acid groups (broad SMARTS) is 1. The number of nitrogens with zero attached hydrogens (tertiary/aromatic N) is 3. The monoisotopic (exact) mass is 1090 g/mol. The third-order valence-electron chi connectivity index (χ3n) is 9.40. The SMILES string of the molecule is CC(C)(C)OC(=O)N[C@H](CCC(=O)O)C(=O)OC(C)(C)C.CC(C)(C)OC(=O)[C@H](N)CCC(=O)NCCN1C(=O)C=CC1=O.C[C@H](CCC(=O)NCCN1C(=O)C=CC1=O)C(=O)OC(C)(C)C.NCCN1C(=O)C=CC1=O. The molecule has 3 heterocycles. The predicted octanol–water partition coefficient (Wildman–Crippen LogP) is 1.22. The highest BCUT2D eigenvalue weighted by atomic mass is 16.6. The summed E-state index contributed by atoms with van der Waals surface area (Å²) in [7, 11) is 0. The van der Waals surface area contributed by atoms with E-state index >= 15 is 0 Å². The maximum atomic E-state index is 12.0. The molecular formula is C51H80N8O18. The molecule has 0 aliphatic carbocycles. The lowest BCUT2D eigenvalue weighted by molar-refractivity contribution is -0.160. The molecule has 0 bridgehead atoms.